The lowest BCUT2D eigenvalue weighted by Gasteiger charge is -2.56. The van der Waals surface area contributed by atoms with Crippen LogP contribution in [0, 0.1) is 28.6 Å². The van der Waals surface area contributed by atoms with Crippen LogP contribution in [0.3, 0.4) is 0 Å². The first-order chi connectivity index (χ1) is 10.3. The molecule has 5 atom stereocenters. The molecular formula is C21H32O. The summed E-state index contributed by atoms with van der Waals surface area (Å²) in [6.45, 7) is 13.8. The van der Waals surface area contributed by atoms with Gasteiger partial charge in [-0.3, -0.25) is 4.79 Å². The highest BCUT2D eigenvalue weighted by Gasteiger charge is 2.52. The minimum atomic E-state index is 0.261. The lowest BCUT2D eigenvalue weighted by molar-refractivity contribution is -0.125. The normalized spacial score (nSPS) is 44.8. The Labute approximate surface area is 136 Å². The van der Waals surface area contributed by atoms with Crippen LogP contribution in [0.15, 0.2) is 23.8 Å². The Balaban J connectivity index is 1.99. The van der Waals surface area contributed by atoms with Crippen molar-refractivity contribution in [3.8, 4) is 0 Å². The van der Waals surface area contributed by atoms with Crippen LogP contribution in [0.4, 0.5) is 0 Å². The number of allylic oxidation sites excluding steroid dienone is 3. The molecule has 22 heavy (non-hydrogen) atoms. The van der Waals surface area contributed by atoms with Crippen LogP contribution in [0.25, 0.3) is 0 Å². The van der Waals surface area contributed by atoms with Crippen molar-refractivity contribution in [2.75, 3.05) is 0 Å². The highest BCUT2D eigenvalue weighted by Crippen LogP contribution is 2.61. The Morgan fingerprint density at radius 3 is 2.73 bits per heavy atom. The molecule has 3 rings (SSSR count). The molecule has 0 aliphatic heterocycles. The monoisotopic (exact) mass is 300 g/mol. The second-order valence-corrected chi connectivity index (χ2v) is 8.62. The molecule has 0 radical (unpaired) electrons. The molecule has 0 spiro atoms. The Bertz CT molecular complexity index is 528. The molecule has 2 saturated carbocycles. The van der Waals surface area contributed by atoms with Crippen LogP contribution >= 0.6 is 0 Å². The molecule has 0 aromatic heterocycles. The van der Waals surface area contributed by atoms with Gasteiger partial charge in [-0.1, -0.05) is 51.0 Å². The van der Waals surface area contributed by atoms with Crippen molar-refractivity contribution >= 4 is 5.78 Å². The topological polar surface area (TPSA) is 17.1 Å². The van der Waals surface area contributed by atoms with Gasteiger partial charge in [0.1, 0.15) is 5.78 Å². The third-order valence-electron chi connectivity index (χ3n) is 7.65. The Morgan fingerprint density at radius 1 is 1.36 bits per heavy atom. The number of fused-ring (bicyclic) bond motifs is 3. The summed E-state index contributed by atoms with van der Waals surface area (Å²) >= 11 is 0. The predicted molar refractivity (Wildman–Crippen MR) is 92.6 cm³/mol. The summed E-state index contributed by atoms with van der Waals surface area (Å²) < 4.78 is 0. The molecule has 3 aliphatic carbocycles. The van der Waals surface area contributed by atoms with E-state index in [0.29, 0.717) is 17.1 Å². The van der Waals surface area contributed by atoms with Gasteiger partial charge in [-0.25, -0.2) is 0 Å². The van der Waals surface area contributed by atoms with Crippen LogP contribution in [0.1, 0.15) is 72.6 Å². The second-order valence-electron chi connectivity index (χ2n) is 8.62. The molecular weight excluding hydrogens is 268 g/mol. The first-order valence-corrected chi connectivity index (χ1v) is 9.21. The molecule has 0 aromatic carbocycles. The molecule has 0 amide bonds. The molecule has 0 aromatic rings. The number of ketones is 1. The van der Waals surface area contributed by atoms with Gasteiger partial charge in [-0.05, 0) is 61.2 Å². The quantitative estimate of drug-likeness (QED) is 0.597. The number of hydrogen-bond donors (Lipinski definition) is 0. The second kappa shape index (κ2) is 5.35. The van der Waals surface area contributed by atoms with E-state index in [0.717, 1.165) is 37.5 Å². The van der Waals surface area contributed by atoms with Gasteiger partial charge in [0.15, 0.2) is 0 Å². The fraction of sp³-hybridized carbons (Fsp3) is 0.762. The molecule has 5 unspecified atom stereocenters. The Kier molecular flexibility index (Phi) is 3.90. The Morgan fingerprint density at radius 2 is 2.09 bits per heavy atom. The number of rotatable bonds is 2. The molecule has 0 N–H and O–H groups in total. The minimum Gasteiger partial charge on any atom is -0.300 e. The Hall–Kier alpha value is -0.850. The largest absolute Gasteiger partial charge is 0.300 e. The summed E-state index contributed by atoms with van der Waals surface area (Å²) in [5, 5.41) is 0. The van der Waals surface area contributed by atoms with Gasteiger partial charge in [0.25, 0.3) is 0 Å². The third-order valence-corrected chi connectivity index (χ3v) is 7.65. The summed E-state index contributed by atoms with van der Waals surface area (Å²) in [4.78, 5) is 11.9. The zero-order chi connectivity index (χ0) is 16.1. The maximum atomic E-state index is 11.9. The highest BCUT2D eigenvalue weighted by molar-refractivity contribution is 5.80. The smallest absolute Gasteiger partial charge is 0.133 e. The molecule has 2 fully saturated rings. The van der Waals surface area contributed by atoms with Gasteiger partial charge in [-0.2, -0.15) is 0 Å². The van der Waals surface area contributed by atoms with E-state index in [1.807, 2.05) is 0 Å². The summed E-state index contributed by atoms with van der Waals surface area (Å²) in [7, 11) is 0. The first-order valence-electron chi connectivity index (χ1n) is 9.21. The van der Waals surface area contributed by atoms with Crippen LogP contribution < -0.4 is 0 Å². The average molecular weight is 300 g/mol. The fourth-order valence-electron chi connectivity index (χ4n) is 5.91. The average Bonchev–Trinajstić information content (AvgIpc) is 2.47. The van der Waals surface area contributed by atoms with Crippen molar-refractivity contribution < 1.29 is 4.79 Å². The van der Waals surface area contributed by atoms with Crippen LogP contribution in [0.5, 0.6) is 0 Å². The van der Waals surface area contributed by atoms with E-state index in [9.17, 15) is 4.79 Å². The standard InChI is InChI=1S/C21H32O/c1-6-18-17-8-7-15-13-16(22)9-11-21(15,5)19(17)10-12-20(18,4)14(2)3/h10,15,17-18H,2,6-9,11-13H2,1,3-5H3. The number of hydrogen-bond acceptors (Lipinski definition) is 1. The van der Waals surface area contributed by atoms with E-state index in [4.69, 9.17) is 0 Å². The maximum absolute atomic E-state index is 11.9. The lowest BCUT2D eigenvalue weighted by atomic mass is 9.48. The number of Topliss-reactive ketones (excluding diaryl/α,β-unsaturated/α-hetero) is 1. The van der Waals surface area contributed by atoms with Gasteiger partial charge < -0.3 is 0 Å². The van der Waals surface area contributed by atoms with E-state index in [-0.39, 0.29) is 5.41 Å². The maximum Gasteiger partial charge on any atom is 0.133 e. The minimum absolute atomic E-state index is 0.261. The van der Waals surface area contributed by atoms with E-state index in [1.165, 1.54) is 24.8 Å². The van der Waals surface area contributed by atoms with E-state index >= 15 is 0 Å². The van der Waals surface area contributed by atoms with E-state index in [1.54, 1.807) is 5.57 Å². The van der Waals surface area contributed by atoms with Crippen molar-refractivity contribution in [1.82, 2.24) is 0 Å². The first kappa shape index (κ1) is 16.0. The molecule has 0 heterocycles. The van der Waals surface area contributed by atoms with Gasteiger partial charge in [-0.15, -0.1) is 0 Å². The van der Waals surface area contributed by atoms with Crippen LogP contribution in [-0.2, 0) is 4.79 Å². The molecule has 3 aliphatic rings. The predicted octanol–water partition coefficient (Wildman–Crippen LogP) is 5.71. The highest BCUT2D eigenvalue weighted by atomic mass is 16.1. The van der Waals surface area contributed by atoms with E-state index < -0.39 is 0 Å². The third kappa shape index (κ3) is 2.15. The summed E-state index contributed by atoms with van der Waals surface area (Å²) in [6.07, 6.45) is 10.2. The molecule has 0 saturated heterocycles. The number of carbonyl (C=O) groups is 1. The summed E-state index contributed by atoms with van der Waals surface area (Å²) in [5.74, 6) is 2.54. The zero-order valence-electron chi connectivity index (χ0n) is 14.9. The molecule has 1 heteroatoms. The SMILES string of the molecule is C=C(C)C1(C)CC=C2C(CCC3CC(=O)CCC23C)C1CC. The van der Waals surface area contributed by atoms with Crippen LogP contribution in [-0.4, -0.2) is 5.78 Å². The van der Waals surface area contributed by atoms with Crippen molar-refractivity contribution in [2.45, 2.75) is 72.6 Å². The van der Waals surface area contributed by atoms with Gasteiger partial charge in [0, 0.05) is 12.8 Å². The van der Waals surface area contributed by atoms with Gasteiger partial charge in [0.2, 0.25) is 0 Å². The number of carbonyl (C=O) groups excluding carboxylic acids is 1. The molecule has 0 bridgehead atoms. The lowest BCUT2D eigenvalue weighted by Crippen LogP contribution is -2.48. The zero-order valence-corrected chi connectivity index (χ0v) is 14.9. The molecule has 1 nitrogen and oxygen atoms in total. The van der Waals surface area contributed by atoms with Crippen LogP contribution in [0.2, 0.25) is 0 Å². The van der Waals surface area contributed by atoms with Crippen molar-refractivity contribution in [1.29, 1.82) is 0 Å². The van der Waals surface area contributed by atoms with E-state index in [2.05, 4.69) is 40.3 Å². The summed E-state index contributed by atoms with van der Waals surface area (Å²) in [6, 6.07) is 0. The van der Waals surface area contributed by atoms with Crippen molar-refractivity contribution in [3.63, 3.8) is 0 Å². The fourth-order valence-corrected chi connectivity index (χ4v) is 5.91. The van der Waals surface area contributed by atoms with Gasteiger partial charge >= 0.3 is 0 Å². The summed E-state index contributed by atoms with van der Waals surface area (Å²) in [5.41, 5.74) is 3.61. The molecule has 122 valence electrons. The van der Waals surface area contributed by atoms with Crippen molar-refractivity contribution in [3.05, 3.63) is 23.8 Å². The van der Waals surface area contributed by atoms with Crippen molar-refractivity contribution in [2.24, 2.45) is 28.6 Å². The van der Waals surface area contributed by atoms with Gasteiger partial charge in [0.05, 0.1) is 0 Å².